The summed E-state index contributed by atoms with van der Waals surface area (Å²) < 4.78 is 1.20. The Balaban J connectivity index is 2.27. The van der Waals surface area contributed by atoms with Crippen LogP contribution in [0.15, 0.2) is 0 Å². The molecule has 2 rings (SSSR count). The van der Waals surface area contributed by atoms with E-state index in [1.54, 1.807) is 0 Å². The summed E-state index contributed by atoms with van der Waals surface area (Å²) in [6.07, 6.45) is 3.29. The number of aromatic nitrogens is 2. The Hall–Kier alpha value is 0.310. The van der Waals surface area contributed by atoms with Crippen molar-refractivity contribution < 1.29 is 0 Å². The van der Waals surface area contributed by atoms with Crippen LogP contribution in [-0.2, 0) is 6.42 Å². The Morgan fingerprint density at radius 3 is 2.75 bits per heavy atom. The average molecular weight is 423 g/mol. The van der Waals surface area contributed by atoms with E-state index < -0.39 is 0 Å². The third-order valence-electron chi connectivity index (χ3n) is 3.07. The molecule has 1 aromatic heterocycles. The van der Waals surface area contributed by atoms with Crippen molar-refractivity contribution in [1.29, 1.82) is 0 Å². The molecule has 6 heteroatoms. The van der Waals surface area contributed by atoms with E-state index in [1.807, 2.05) is 23.5 Å². The van der Waals surface area contributed by atoms with Gasteiger partial charge in [0.05, 0.1) is 14.5 Å². The molecule has 112 valence electrons. The van der Waals surface area contributed by atoms with Crippen LogP contribution in [0.2, 0.25) is 0 Å². The van der Waals surface area contributed by atoms with Crippen LogP contribution in [0.25, 0.3) is 0 Å². The van der Waals surface area contributed by atoms with Gasteiger partial charge in [-0.1, -0.05) is 20.3 Å². The fourth-order valence-electron chi connectivity index (χ4n) is 2.06. The third kappa shape index (κ3) is 4.40. The molecule has 1 fully saturated rings. The average Bonchev–Trinajstić information content (AvgIpc) is 2.49. The van der Waals surface area contributed by atoms with Gasteiger partial charge in [0.2, 0.25) is 0 Å². The van der Waals surface area contributed by atoms with Crippen LogP contribution in [0.5, 0.6) is 0 Å². The maximum absolute atomic E-state index is 4.86. The largest absolute Gasteiger partial charge is 0.369 e. The first kappa shape index (κ1) is 16.7. The lowest BCUT2D eigenvalue weighted by molar-refractivity contribution is 0.818. The number of halogens is 1. The Morgan fingerprint density at radius 2 is 2.10 bits per heavy atom. The molecular weight excluding hydrogens is 401 g/mol. The molecule has 0 radical (unpaired) electrons. The second-order valence-electron chi connectivity index (χ2n) is 4.80. The summed E-state index contributed by atoms with van der Waals surface area (Å²) >= 11 is 6.42. The lowest BCUT2D eigenvalue weighted by Crippen LogP contribution is -2.15. The molecule has 1 atom stereocenters. The summed E-state index contributed by atoms with van der Waals surface area (Å²) in [5.41, 5.74) is 1.22. The first-order valence-corrected chi connectivity index (χ1v) is 10.5. The van der Waals surface area contributed by atoms with Gasteiger partial charge in [-0.3, -0.25) is 0 Å². The molecule has 1 aliphatic rings. The number of nitrogens with zero attached hydrogens (tertiary/aromatic N) is 2. The molecule has 0 saturated carbocycles. The van der Waals surface area contributed by atoms with E-state index in [0.29, 0.717) is 5.25 Å². The van der Waals surface area contributed by atoms with E-state index >= 15 is 0 Å². The molecule has 1 saturated heterocycles. The Morgan fingerprint density at radius 1 is 1.25 bits per heavy atom. The van der Waals surface area contributed by atoms with E-state index in [4.69, 9.17) is 9.97 Å². The molecule has 0 aliphatic carbocycles. The highest BCUT2D eigenvalue weighted by Crippen LogP contribution is 2.36. The maximum atomic E-state index is 4.86. The summed E-state index contributed by atoms with van der Waals surface area (Å²) in [6.45, 7) is 5.37. The number of nitrogens with one attached hydrogen (secondary N) is 1. The van der Waals surface area contributed by atoms with Gasteiger partial charge in [0.1, 0.15) is 11.6 Å². The van der Waals surface area contributed by atoms with Crippen molar-refractivity contribution in [3.05, 3.63) is 15.1 Å². The van der Waals surface area contributed by atoms with Gasteiger partial charge in [-0.2, -0.15) is 11.8 Å². The van der Waals surface area contributed by atoms with Crippen LogP contribution >= 0.6 is 46.1 Å². The zero-order chi connectivity index (χ0) is 14.4. The van der Waals surface area contributed by atoms with Crippen LogP contribution in [0, 0.1) is 3.57 Å². The van der Waals surface area contributed by atoms with Crippen LogP contribution in [0.1, 0.15) is 43.5 Å². The number of hydrogen-bond donors (Lipinski definition) is 1. The number of thioether (sulfide) groups is 2. The summed E-state index contributed by atoms with van der Waals surface area (Å²) in [6, 6.07) is 0. The van der Waals surface area contributed by atoms with E-state index in [9.17, 15) is 0 Å². The van der Waals surface area contributed by atoms with Crippen molar-refractivity contribution in [2.45, 2.75) is 38.4 Å². The lowest BCUT2D eigenvalue weighted by Gasteiger charge is -2.21. The predicted octanol–water partition coefficient (Wildman–Crippen LogP) is 4.38. The van der Waals surface area contributed by atoms with Gasteiger partial charge in [0, 0.05) is 23.8 Å². The molecule has 3 nitrogen and oxygen atoms in total. The van der Waals surface area contributed by atoms with E-state index in [-0.39, 0.29) is 0 Å². The van der Waals surface area contributed by atoms with Gasteiger partial charge in [-0.15, -0.1) is 11.8 Å². The van der Waals surface area contributed by atoms with Crippen molar-refractivity contribution in [2.24, 2.45) is 0 Å². The van der Waals surface area contributed by atoms with Gasteiger partial charge in [0.15, 0.2) is 0 Å². The highest BCUT2D eigenvalue weighted by atomic mass is 127. The third-order valence-corrected chi connectivity index (χ3v) is 6.95. The van der Waals surface area contributed by atoms with E-state index in [0.717, 1.165) is 43.2 Å². The standard InChI is InChI=1S/C14H22IN3S2/c1-3-5-10-12(15)14(16-6-4-2)18-13(17-10)11-9-19-7-8-20-11/h11H,3-9H2,1-2H3,(H,16,17,18). The van der Waals surface area contributed by atoms with Crippen molar-refractivity contribution >= 4 is 51.9 Å². The second-order valence-corrected chi connectivity index (χ2v) is 8.34. The van der Waals surface area contributed by atoms with Crippen molar-refractivity contribution in [3.8, 4) is 0 Å². The smallest absolute Gasteiger partial charge is 0.144 e. The SMILES string of the molecule is CCCNc1nc(C2CSCCS2)nc(CCC)c1I. The monoisotopic (exact) mass is 423 g/mol. The Labute approximate surface area is 144 Å². The summed E-state index contributed by atoms with van der Waals surface area (Å²) in [7, 11) is 0. The Kier molecular flexibility index (Phi) is 7.24. The summed E-state index contributed by atoms with van der Waals surface area (Å²) in [4.78, 5) is 9.67. The molecule has 0 spiro atoms. The molecule has 1 N–H and O–H groups in total. The highest BCUT2D eigenvalue weighted by molar-refractivity contribution is 14.1. The summed E-state index contributed by atoms with van der Waals surface area (Å²) in [5.74, 6) is 5.69. The summed E-state index contributed by atoms with van der Waals surface area (Å²) in [5, 5.41) is 3.93. The highest BCUT2D eigenvalue weighted by Gasteiger charge is 2.22. The normalized spacial score (nSPS) is 19.1. The van der Waals surface area contributed by atoms with E-state index in [2.05, 4.69) is 41.8 Å². The zero-order valence-corrected chi connectivity index (χ0v) is 15.9. The molecule has 1 aromatic rings. The minimum atomic E-state index is 0.462. The van der Waals surface area contributed by atoms with Gasteiger partial charge < -0.3 is 5.32 Å². The van der Waals surface area contributed by atoms with Gasteiger partial charge in [-0.25, -0.2) is 9.97 Å². The minimum Gasteiger partial charge on any atom is -0.369 e. The van der Waals surface area contributed by atoms with Crippen molar-refractivity contribution in [1.82, 2.24) is 9.97 Å². The molecule has 0 aromatic carbocycles. The quantitative estimate of drug-likeness (QED) is 0.688. The maximum Gasteiger partial charge on any atom is 0.144 e. The topological polar surface area (TPSA) is 37.8 Å². The number of anilines is 1. The molecule has 2 heterocycles. The van der Waals surface area contributed by atoms with Crippen molar-refractivity contribution in [3.63, 3.8) is 0 Å². The van der Waals surface area contributed by atoms with Crippen LogP contribution in [0.4, 0.5) is 5.82 Å². The van der Waals surface area contributed by atoms with Crippen LogP contribution in [-0.4, -0.2) is 33.8 Å². The number of aryl methyl sites for hydroxylation is 1. The lowest BCUT2D eigenvalue weighted by atomic mass is 10.2. The fraction of sp³-hybridized carbons (Fsp3) is 0.714. The first-order chi connectivity index (χ1) is 9.76. The predicted molar refractivity (Wildman–Crippen MR) is 100 cm³/mol. The Bertz CT molecular complexity index is 437. The number of rotatable bonds is 6. The molecule has 20 heavy (non-hydrogen) atoms. The van der Waals surface area contributed by atoms with Gasteiger partial charge in [0.25, 0.3) is 0 Å². The fourth-order valence-corrected chi connectivity index (χ4v) is 5.36. The molecule has 0 bridgehead atoms. The van der Waals surface area contributed by atoms with Crippen LogP contribution < -0.4 is 5.32 Å². The molecule has 1 aliphatic heterocycles. The van der Waals surface area contributed by atoms with Gasteiger partial charge >= 0.3 is 0 Å². The number of hydrogen-bond acceptors (Lipinski definition) is 5. The molecule has 1 unspecified atom stereocenters. The van der Waals surface area contributed by atoms with Gasteiger partial charge in [-0.05, 0) is 35.4 Å². The first-order valence-electron chi connectivity index (χ1n) is 7.25. The zero-order valence-electron chi connectivity index (χ0n) is 12.1. The molecule has 0 amide bonds. The minimum absolute atomic E-state index is 0.462. The van der Waals surface area contributed by atoms with E-state index in [1.165, 1.54) is 20.8 Å². The van der Waals surface area contributed by atoms with Crippen LogP contribution in [0.3, 0.4) is 0 Å². The van der Waals surface area contributed by atoms with Crippen molar-refractivity contribution in [2.75, 3.05) is 29.1 Å². The molecular formula is C14H22IN3S2. The second kappa shape index (κ2) is 8.68.